The van der Waals surface area contributed by atoms with Gasteiger partial charge >= 0.3 is 0 Å². The van der Waals surface area contributed by atoms with E-state index < -0.39 is 0 Å². The average molecular weight is 298 g/mol. The number of carbonyl (C=O) groups excluding carboxylic acids is 1. The second kappa shape index (κ2) is 5.04. The van der Waals surface area contributed by atoms with Gasteiger partial charge in [-0.05, 0) is 34.8 Å². The molecule has 2 rings (SSSR count). The van der Waals surface area contributed by atoms with E-state index in [4.69, 9.17) is 0 Å². The molecule has 1 amide bonds. The molecule has 92 valence electrons. The molecule has 1 aliphatic heterocycles. The number of amides is 1. The number of halogens is 1. The summed E-state index contributed by atoms with van der Waals surface area (Å²) in [5.74, 6) is 0.169. The van der Waals surface area contributed by atoms with Crippen molar-refractivity contribution in [1.29, 1.82) is 0 Å². The number of likely N-dealkylation sites (N-methyl/N-ethyl adjacent to an activating group) is 1. The lowest BCUT2D eigenvalue weighted by Gasteiger charge is -2.27. The third-order valence-electron chi connectivity index (χ3n) is 3.00. The van der Waals surface area contributed by atoms with Crippen LogP contribution in [0.15, 0.2) is 22.9 Å². The van der Waals surface area contributed by atoms with Crippen LogP contribution in [0, 0.1) is 0 Å². The summed E-state index contributed by atoms with van der Waals surface area (Å²) in [6.07, 6.45) is 5.54. The van der Waals surface area contributed by atoms with E-state index in [1.807, 2.05) is 12.3 Å². The Hall–Kier alpha value is -1.10. The second-order valence-electron chi connectivity index (χ2n) is 4.45. The minimum atomic E-state index is -0.0406. The molecule has 1 saturated heterocycles. The molecule has 0 bridgehead atoms. The Morgan fingerprint density at radius 3 is 2.94 bits per heavy atom. The number of rotatable bonds is 2. The lowest BCUT2D eigenvalue weighted by molar-refractivity contribution is -0.129. The molecule has 2 heterocycles. The van der Waals surface area contributed by atoms with Gasteiger partial charge in [0.2, 0.25) is 5.91 Å². The largest absolute Gasteiger partial charge is 0.358 e. The van der Waals surface area contributed by atoms with E-state index in [1.165, 1.54) is 0 Å². The highest BCUT2D eigenvalue weighted by atomic mass is 79.9. The minimum absolute atomic E-state index is 0.0406. The minimum Gasteiger partial charge on any atom is -0.358 e. The Kier molecular flexibility index (Phi) is 3.66. The quantitative estimate of drug-likeness (QED) is 0.837. The molecule has 1 aromatic rings. The highest BCUT2D eigenvalue weighted by Crippen LogP contribution is 2.27. The Bertz CT molecular complexity index is 422. The van der Waals surface area contributed by atoms with Gasteiger partial charge in [-0.15, -0.1) is 0 Å². The number of anilines is 1. The van der Waals surface area contributed by atoms with Crippen LogP contribution < -0.4 is 4.90 Å². The highest BCUT2D eigenvalue weighted by Gasteiger charge is 2.31. The van der Waals surface area contributed by atoms with Gasteiger partial charge in [0.05, 0.1) is 11.9 Å². The SMILES string of the molecule is CN(C)C(=O)C1CCCN1c1cncc(Br)c1. The molecule has 0 aromatic carbocycles. The molecular formula is C12H16BrN3O. The van der Waals surface area contributed by atoms with Crippen molar-refractivity contribution in [3.8, 4) is 0 Å². The third-order valence-corrected chi connectivity index (χ3v) is 3.43. The van der Waals surface area contributed by atoms with Crippen molar-refractivity contribution in [2.45, 2.75) is 18.9 Å². The summed E-state index contributed by atoms with van der Waals surface area (Å²) in [5.41, 5.74) is 1.01. The smallest absolute Gasteiger partial charge is 0.244 e. The average Bonchev–Trinajstić information content (AvgIpc) is 2.76. The maximum Gasteiger partial charge on any atom is 0.244 e. The predicted octanol–water partition coefficient (Wildman–Crippen LogP) is 1.90. The number of carbonyl (C=O) groups is 1. The number of hydrogen-bond acceptors (Lipinski definition) is 3. The van der Waals surface area contributed by atoms with Crippen LogP contribution in [0.1, 0.15) is 12.8 Å². The Balaban J connectivity index is 2.23. The highest BCUT2D eigenvalue weighted by molar-refractivity contribution is 9.10. The Morgan fingerprint density at radius 1 is 1.53 bits per heavy atom. The lowest BCUT2D eigenvalue weighted by Crippen LogP contribution is -2.42. The number of nitrogens with zero attached hydrogens (tertiary/aromatic N) is 3. The first-order chi connectivity index (χ1) is 8.09. The number of pyridine rings is 1. The number of aromatic nitrogens is 1. The Labute approximate surface area is 110 Å². The zero-order chi connectivity index (χ0) is 12.4. The van der Waals surface area contributed by atoms with Gasteiger partial charge in [0, 0.05) is 31.3 Å². The van der Waals surface area contributed by atoms with Crippen LogP contribution in [0.4, 0.5) is 5.69 Å². The first-order valence-corrected chi connectivity index (χ1v) is 6.47. The van der Waals surface area contributed by atoms with Crippen molar-refractivity contribution in [3.63, 3.8) is 0 Å². The van der Waals surface area contributed by atoms with Crippen molar-refractivity contribution in [1.82, 2.24) is 9.88 Å². The zero-order valence-corrected chi connectivity index (χ0v) is 11.6. The van der Waals surface area contributed by atoms with Gasteiger partial charge in [-0.2, -0.15) is 0 Å². The molecule has 0 aliphatic carbocycles. The van der Waals surface area contributed by atoms with E-state index in [-0.39, 0.29) is 11.9 Å². The summed E-state index contributed by atoms with van der Waals surface area (Å²) in [4.78, 5) is 20.0. The van der Waals surface area contributed by atoms with Gasteiger partial charge in [0.25, 0.3) is 0 Å². The van der Waals surface area contributed by atoms with Crippen molar-refractivity contribution in [2.75, 3.05) is 25.5 Å². The summed E-state index contributed by atoms with van der Waals surface area (Å²) in [7, 11) is 3.61. The Morgan fingerprint density at radius 2 is 2.29 bits per heavy atom. The van der Waals surface area contributed by atoms with Crippen molar-refractivity contribution in [2.24, 2.45) is 0 Å². The van der Waals surface area contributed by atoms with E-state index in [2.05, 4.69) is 25.8 Å². The second-order valence-corrected chi connectivity index (χ2v) is 5.36. The lowest BCUT2D eigenvalue weighted by atomic mass is 10.2. The molecule has 0 radical (unpaired) electrons. The molecule has 1 fully saturated rings. The van der Waals surface area contributed by atoms with Crippen molar-refractivity contribution < 1.29 is 4.79 Å². The van der Waals surface area contributed by atoms with E-state index in [0.717, 1.165) is 29.5 Å². The molecule has 1 aromatic heterocycles. The van der Waals surface area contributed by atoms with Crippen LogP contribution in [0.3, 0.4) is 0 Å². The molecule has 1 aliphatic rings. The summed E-state index contributed by atoms with van der Waals surface area (Å²) in [5, 5.41) is 0. The van der Waals surface area contributed by atoms with Crippen LogP contribution in [0.25, 0.3) is 0 Å². The molecule has 0 N–H and O–H groups in total. The van der Waals surface area contributed by atoms with Crippen LogP contribution in [-0.2, 0) is 4.79 Å². The van der Waals surface area contributed by atoms with Gasteiger partial charge in [-0.3, -0.25) is 9.78 Å². The van der Waals surface area contributed by atoms with Gasteiger partial charge < -0.3 is 9.80 Å². The normalized spacial score (nSPS) is 19.5. The molecule has 1 unspecified atom stereocenters. The van der Waals surface area contributed by atoms with Crippen LogP contribution in [0.5, 0.6) is 0 Å². The monoisotopic (exact) mass is 297 g/mol. The molecule has 17 heavy (non-hydrogen) atoms. The first-order valence-electron chi connectivity index (χ1n) is 5.68. The fourth-order valence-electron chi connectivity index (χ4n) is 2.19. The summed E-state index contributed by atoms with van der Waals surface area (Å²) in [6.45, 7) is 0.919. The fraction of sp³-hybridized carbons (Fsp3) is 0.500. The number of hydrogen-bond donors (Lipinski definition) is 0. The van der Waals surface area contributed by atoms with Gasteiger partial charge in [0.15, 0.2) is 0 Å². The van der Waals surface area contributed by atoms with Crippen LogP contribution in [0.2, 0.25) is 0 Å². The maximum atomic E-state index is 12.1. The molecule has 4 nitrogen and oxygen atoms in total. The molecule has 0 spiro atoms. The third kappa shape index (κ3) is 2.60. The molecule has 1 atom stereocenters. The standard InChI is InChI=1S/C12H16BrN3O/c1-15(2)12(17)11-4-3-5-16(11)10-6-9(13)7-14-8-10/h6-8,11H,3-5H2,1-2H3. The fourth-order valence-corrected chi connectivity index (χ4v) is 2.54. The molecule has 0 saturated carbocycles. The van der Waals surface area contributed by atoms with Crippen molar-refractivity contribution >= 4 is 27.5 Å². The maximum absolute atomic E-state index is 12.1. The molecular weight excluding hydrogens is 282 g/mol. The predicted molar refractivity (Wildman–Crippen MR) is 71.0 cm³/mol. The topological polar surface area (TPSA) is 36.4 Å². The first kappa shape index (κ1) is 12.4. The summed E-state index contributed by atoms with van der Waals surface area (Å²) in [6, 6.07) is 1.97. The summed E-state index contributed by atoms with van der Waals surface area (Å²) >= 11 is 3.41. The van der Waals surface area contributed by atoms with Crippen LogP contribution in [-0.4, -0.2) is 42.5 Å². The van der Waals surface area contributed by atoms with Crippen LogP contribution >= 0.6 is 15.9 Å². The van der Waals surface area contributed by atoms with Gasteiger partial charge in [0.1, 0.15) is 6.04 Å². The van der Waals surface area contributed by atoms with E-state index in [9.17, 15) is 4.79 Å². The van der Waals surface area contributed by atoms with E-state index >= 15 is 0 Å². The van der Waals surface area contributed by atoms with Crippen molar-refractivity contribution in [3.05, 3.63) is 22.9 Å². The van der Waals surface area contributed by atoms with E-state index in [1.54, 1.807) is 25.2 Å². The van der Waals surface area contributed by atoms with E-state index in [0.29, 0.717) is 0 Å². The zero-order valence-electron chi connectivity index (χ0n) is 10.1. The van der Waals surface area contributed by atoms with Gasteiger partial charge in [-0.1, -0.05) is 0 Å². The summed E-state index contributed by atoms with van der Waals surface area (Å²) < 4.78 is 0.943. The molecule has 5 heteroatoms. The van der Waals surface area contributed by atoms with Gasteiger partial charge in [-0.25, -0.2) is 0 Å².